The molecule has 1 fully saturated rings. The first-order chi connectivity index (χ1) is 14.1. The smallest absolute Gasteiger partial charge is 0.271 e. The van der Waals surface area contributed by atoms with Gasteiger partial charge in [0.15, 0.2) is 0 Å². The number of carbonyl (C=O) groups is 1. The second kappa shape index (κ2) is 8.30. The van der Waals surface area contributed by atoms with Gasteiger partial charge in [-0.3, -0.25) is 9.59 Å². The first kappa shape index (κ1) is 18.9. The summed E-state index contributed by atoms with van der Waals surface area (Å²) in [7, 11) is 0. The molecule has 0 saturated carbocycles. The van der Waals surface area contributed by atoms with E-state index in [0.29, 0.717) is 44.0 Å². The molecule has 1 N–H and O–H groups in total. The second-order valence-corrected chi connectivity index (χ2v) is 6.98. The van der Waals surface area contributed by atoms with Crippen LogP contribution in [0.3, 0.4) is 0 Å². The molecule has 0 unspecified atom stereocenters. The summed E-state index contributed by atoms with van der Waals surface area (Å²) in [4.78, 5) is 26.6. The van der Waals surface area contributed by atoms with Crippen LogP contribution in [-0.4, -0.2) is 28.8 Å². The van der Waals surface area contributed by atoms with Crippen LogP contribution in [0.4, 0.5) is 10.2 Å². The fourth-order valence-electron chi connectivity index (χ4n) is 3.47. The molecule has 3 heterocycles. The fraction of sp³-hybridized carbons (Fsp3) is 0.286. The Labute approximate surface area is 166 Å². The van der Waals surface area contributed by atoms with Gasteiger partial charge >= 0.3 is 0 Å². The van der Waals surface area contributed by atoms with E-state index in [4.69, 9.17) is 4.42 Å². The fourth-order valence-corrected chi connectivity index (χ4v) is 3.47. The average Bonchev–Trinajstić information content (AvgIpc) is 3.26. The maximum absolute atomic E-state index is 13.5. The van der Waals surface area contributed by atoms with Gasteiger partial charge in [-0.25, -0.2) is 4.39 Å². The summed E-state index contributed by atoms with van der Waals surface area (Å²) in [5.41, 5.74) is 0.0515. The molecule has 1 amide bonds. The number of anilines is 1. The SMILES string of the molecule is O=C(NCc1ccco1)C1CCN(c2ccc(=O)n(-c3cccc(F)c3)n2)CC1. The zero-order chi connectivity index (χ0) is 20.2. The Morgan fingerprint density at radius 1 is 1.17 bits per heavy atom. The molecule has 1 saturated heterocycles. The molecular formula is C21H21FN4O3. The first-order valence-corrected chi connectivity index (χ1v) is 9.51. The van der Waals surface area contributed by atoms with Crippen LogP contribution in [-0.2, 0) is 11.3 Å². The number of hydrogen-bond donors (Lipinski definition) is 1. The maximum Gasteiger partial charge on any atom is 0.271 e. The van der Waals surface area contributed by atoms with E-state index < -0.39 is 5.82 Å². The standard InChI is InChI=1S/C21H21FN4O3/c22-16-3-1-4-17(13-16)26-20(27)7-6-19(24-26)25-10-8-15(9-11-25)21(28)23-14-18-5-2-12-29-18/h1-7,12-13,15H,8-11,14H2,(H,23,28). The van der Waals surface area contributed by atoms with Crippen LogP contribution in [0.2, 0.25) is 0 Å². The Morgan fingerprint density at radius 2 is 2.00 bits per heavy atom. The summed E-state index contributed by atoms with van der Waals surface area (Å²) in [5.74, 6) is 0.861. The van der Waals surface area contributed by atoms with Gasteiger partial charge in [0.2, 0.25) is 5.91 Å². The largest absolute Gasteiger partial charge is 0.467 e. The van der Waals surface area contributed by atoms with Crippen LogP contribution in [0.25, 0.3) is 5.69 Å². The zero-order valence-electron chi connectivity index (χ0n) is 15.8. The van der Waals surface area contributed by atoms with E-state index in [9.17, 15) is 14.0 Å². The van der Waals surface area contributed by atoms with Gasteiger partial charge in [0, 0.05) is 25.1 Å². The normalized spacial score (nSPS) is 14.7. The number of rotatable bonds is 5. The van der Waals surface area contributed by atoms with Crippen molar-refractivity contribution >= 4 is 11.7 Å². The van der Waals surface area contributed by atoms with Gasteiger partial charge < -0.3 is 14.6 Å². The van der Waals surface area contributed by atoms with Gasteiger partial charge in [-0.1, -0.05) is 6.07 Å². The maximum atomic E-state index is 13.5. The van der Waals surface area contributed by atoms with Gasteiger partial charge in [-0.15, -0.1) is 5.10 Å². The monoisotopic (exact) mass is 396 g/mol. The molecule has 0 radical (unpaired) electrons. The van der Waals surface area contributed by atoms with Crippen molar-refractivity contribution in [1.29, 1.82) is 0 Å². The lowest BCUT2D eigenvalue weighted by Gasteiger charge is -2.32. The van der Waals surface area contributed by atoms with E-state index in [-0.39, 0.29) is 17.4 Å². The van der Waals surface area contributed by atoms with Gasteiger partial charge in [0.1, 0.15) is 17.4 Å². The lowest BCUT2D eigenvalue weighted by molar-refractivity contribution is -0.125. The highest BCUT2D eigenvalue weighted by Gasteiger charge is 2.26. The van der Waals surface area contributed by atoms with Crippen molar-refractivity contribution in [3.05, 3.63) is 76.7 Å². The van der Waals surface area contributed by atoms with Crippen molar-refractivity contribution in [2.45, 2.75) is 19.4 Å². The Bertz CT molecular complexity index is 1040. The molecule has 150 valence electrons. The number of hydrogen-bond acceptors (Lipinski definition) is 5. The zero-order valence-corrected chi connectivity index (χ0v) is 15.8. The van der Waals surface area contributed by atoms with Crippen LogP contribution in [0.15, 0.2) is 64.0 Å². The lowest BCUT2D eigenvalue weighted by Crippen LogP contribution is -2.41. The highest BCUT2D eigenvalue weighted by atomic mass is 19.1. The summed E-state index contributed by atoms with van der Waals surface area (Å²) in [5, 5.41) is 7.30. The van der Waals surface area contributed by atoms with E-state index in [2.05, 4.69) is 10.4 Å². The molecule has 2 aromatic heterocycles. The topological polar surface area (TPSA) is 80.4 Å². The number of benzene rings is 1. The molecule has 0 bridgehead atoms. The number of nitrogens with zero attached hydrogens (tertiary/aromatic N) is 3. The molecule has 1 aromatic carbocycles. The lowest BCUT2D eigenvalue weighted by atomic mass is 9.96. The van der Waals surface area contributed by atoms with Crippen molar-refractivity contribution in [3.63, 3.8) is 0 Å². The number of carbonyl (C=O) groups excluding carboxylic acids is 1. The van der Waals surface area contributed by atoms with Crippen molar-refractivity contribution in [2.75, 3.05) is 18.0 Å². The number of piperidine rings is 1. The molecule has 8 heteroatoms. The van der Waals surface area contributed by atoms with E-state index >= 15 is 0 Å². The molecule has 29 heavy (non-hydrogen) atoms. The molecule has 1 aliphatic heterocycles. The van der Waals surface area contributed by atoms with Crippen molar-refractivity contribution in [2.24, 2.45) is 5.92 Å². The molecule has 0 atom stereocenters. The van der Waals surface area contributed by atoms with Crippen LogP contribution in [0.5, 0.6) is 0 Å². The Hall–Kier alpha value is -3.42. The third-order valence-electron chi connectivity index (χ3n) is 5.05. The minimum atomic E-state index is -0.428. The van der Waals surface area contributed by atoms with Gasteiger partial charge in [-0.05, 0) is 49.2 Å². The molecule has 0 aliphatic carbocycles. The van der Waals surface area contributed by atoms with Gasteiger partial charge in [0.05, 0.1) is 18.5 Å². The highest BCUT2D eigenvalue weighted by molar-refractivity contribution is 5.78. The molecule has 1 aliphatic rings. The summed E-state index contributed by atoms with van der Waals surface area (Å²) in [6, 6.07) is 12.5. The van der Waals surface area contributed by atoms with Crippen LogP contribution in [0, 0.1) is 11.7 Å². The van der Waals surface area contributed by atoms with Crippen LogP contribution in [0.1, 0.15) is 18.6 Å². The Morgan fingerprint density at radius 3 is 2.72 bits per heavy atom. The summed E-state index contributed by atoms with van der Waals surface area (Å²) < 4.78 is 19.9. The van der Waals surface area contributed by atoms with E-state index in [1.807, 2.05) is 11.0 Å². The number of furan rings is 1. The predicted octanol–water partition coefficient (Wildman–Crippen LogP) is 2.50. The van der Waals surface area contributed by atoms with Crippen molar-refractivity contribution < 1.29 is 13.6 Å². The number of nitrogens with one attached hydrogen (secondary N) is 1. The van der Waals surface area contributed by atoms with E-state index in [1.54, 1.807) is 24.5 Å². The van der Waals surface area contributed by atoms with Crippen molar-refractivity contribution in [3.8, 4) is 5.69 Å². The summed E-state index contributed by atoms with van der Waals surface area (Å²) >= 11 is 0. The quantitative estimate of drug-likeness (QED) is 0.717. The molecule has 3 aromatic rings. The first-order valence-electron chi connectivity index (χ1n) is 9.51. The number of halogens is 1. The van der Waals surface area contributed by atoms with E-state index in [1.165, 1.54) is 28.9 Å². The molecule has 7 nitrogen and oxygen atoms in total. The predicted molar refractivity (Wildman–Crippen MR) is 105 cm³/mol. The van der Waals surface area contributed by atoms with E-state index in [0.717, 1.165) is 5.76 Å². The second-order valence-electron chi connectivity index (χ2n) is 6.98. The van der Waals surface area contributed by atoms with Crippen molar-refractivity contribution in [1.82, 2.24) is 15.1 Å². The summed E-state index contributed by atoms with van der Waals surface area (Å²) in [6.45, 7) is 1.67. The minimum Gasteiger partial charge on any atom is -0.467 e. The third kappa shape index (κ3) is 4.37. The van der Waals surface area contributed by atoms with Crippen LogP contribution < -0.4 is 15.8 Å². The van der Waals surface area contributed by atoms with Gasteiger partial charge in [0.25, 0.3) is 5.56 Å². The third-order valence-corrected chi connectivity index (χ3v) is 5.05. The van der Waals surface area contributed by atoms with Gasteiger partial charge in [-0.2, -0.15) is 4.68 Å². The number of aromatic nitrogens is 2. The molecule has 0 spiro atoms. The average molecular weight is 396 g/mol. The Kier molecular flexibility index (Phi) is 5.41. The number of amides is 1. The summed E-state index contributed by atoms with van der Waals surface area (Å²) in [6.07, 6.45) is 2.95. The minimum absolute atomic E-state index is 0.0127. The molecule has 4 rings (SSSR count). The highest BCUT2D eigenvalue weighted by Crippen LogP contribution is 2.22. The van der Waals surface area contributed by atoms with Crippen LogP contribution >= 0.6 is 0 Å². The molecular weight excluding hydrogens is 375 g/mol. The Balaban J connectivity index is 1.40.